The van der Waals surface area contributed by atoms with E-state index in [1.54, 1.807) is 73.3 Å². The molecule has 0 unspecified atom stereocenters. The first-order chi connectivity index (χ1) is 17.5. The normalized spacial score (nSPS) is 11.6. The molecule has 0 saturated heterocycles. The molecule has 11 heteroatoms. The summed E-state index contributed by atoms with van der Waals surface area (Å²) in [5.41, 5.74) is 2.45. The van der Waals surface area contributed by atoms with Crippen LogP contribution in [-0.2, 0) is 16.5 Å². The average molecular weight is 547 g/mol. The molecule has 37 heavy (non-hydrogen) atoms. The van der Waals surface area contributed by atoms with Crippen LogP contribution < -0.4 is 0 Å². The Morgan fingerprint density at radius 2 is 1.00 bits per heavy atom. The van der Waals surface area contributed by atoms with Crippen molar-refractivity contribution in [3.8, 4) is 0 Å². The van der Waals surface area contributed by atoms with Gasteiger partial charge in [-0.05, 0) is 59.7 Å². The van der Waals surface area contributed by atoms with Crippen LogP contribution in [0.15, 0.2) is 118 Å². The molecule has 0 bridgehead atoms. The minimum atomic E-state index is -0.330. The molecule has 0 aliphatic heterocycles. The summed E-state index contributed by atoms with van der Waals surface area (Å²) in [5, 5.41) is 30.2. The second kappa shape index (κ2) is 15.4. The SMILES string of the molecule is [Ni].[OH2+]/C(=N\N=C\c1cccc(F)c1)c1ccncc1.[OH2+]/C(=N\N=C\c1cccc(F)c1)c1ccncc1. The summed E-state index contributed by atoms with van der Waals surface area (Å²) in [4.78, 5) is 7.69. The summed E-state index contributed by atoms with van der Waals surface area (Å²) in [6.07, 6.45) is 9.12. The first-order valence-electron chi connectivity index (χ1n) is 10.5. The predicted molar refractivity (Wildman–Crippen MR) is 137 cm³/mol. The fraction of sp³-hybridized carbons (Fsp3) is 0. The van der Waals surface area contributed by atoms with E-state index in [4.69, 9.17) is 10.2 Å². The summed E-state index contributed by atoms with van der Waals surface area (Å²) in [6.45, 7) is 0. The van der Waals surface area contributed by atoms with Gasteiger partial charge in [0.15, 0.2) is 0 Å². The molecule has 0 amide bonds. The Hall–Kier alpha value is -4.63. The van der Waals surface area contributed by atoms with Crippen molar-refractivity contribution in [1.82, 2.24) is 9.97 Å². The Morgan fingerprint density at radius 3 is 1.35 bits per heavy atom. The van der Waals surface area contributed by atoms with Crippen LogP contribution in [0.25, 0.3) is 0 Å². The van der Waals surface area contributed by atoms with Gasteiger partial charge in [-0.3, -0.25) is 9.97 Å². The Labute approximate surface area is 221 Å². The van der Waals surface area contributed by atoms with Gasteiger partial charge in [-0.1, -0.05) is 34.5 Å². The van der Waals surface area contributed by atoms with Gasteiger partial charge in [-0.25, -0.2) is 8.78 Å². The number of hydrogen-bond donors (Lipinski definition) is 0. The van der Waals surface area contributed by atoms with Gasteiger partial charge in [0.2, 0.25) is 0 Å². The molecular formula is C26H22F2N6NiO2+2. The molecule has 2 aromatic heterocycles. The molecule has 8 nitrogen and oxygen atoms in total. The average Bonchev–Trinajstić information content (AvgIpc) is 2.90. The smallest absolute Gasteiger partial charge is 0.383 e. The van der Waals surface area contributed by atoms with Crippen molar-refractivity contribution in [2.75, 3.05) is 0 Å². The molecule has 190 valence electrons. The molecule has 0 aliphatic carbocycles. The van der Waals surface area contributed by atoms with Gasteiger partial charge in [-0.15, -0.1) is 0 Å². The van der Waals surface area contributed by atoms with Crippen molar-refractivity contribution < 1.29 is 35.5 Å². The summed E-state index contributed by atoms with van der Waals surface area (Å²) in [5.74, 6) is -0.596. The molecule has 0 fully saturated rings. The first kappa shape index (κ1) is 28.6. The minimum absolute atomic E-state index is 0. The maximum atomic E-state index is 12.9. The first-order valence-corrected chi connectivity index (χ1v) is 10.5. The molecule has 4 aromatic rings. The Bertz CT molecular complexity index is 1280. The second-order valence-corrected chi connectivity index (χ2v) is 6.97. The van der Waals surface area contributed by atoms with E-state index in [0.29, 0.717) is 22.3 Å². The molecule has 0 radical (unpaired) electrons. The fourth-order valence-electron chi connectivity index (χ4n) is 2.62. The van der Waals surface area contributed by atoms with E-state index in [0.717, 1.165) is 0 Å². The largest absolute Gasteiger partial charge is 0.577 e. The molecule has 4 rings (SSSR count). The van der Waals surface area contributed by atoms with Crippen LogP contribution in [0, 0.1) is 11.6 Å². The second-order valence-electron chi connectivity index (χ2n) is 6.97. The number of pyridine rings is 2. The zero-order valence-electron chi connectivity index (χ0n) is 19.1. The summed E-state index contributed by atoms with van der Waals surface area (Å²) in [6, 6.07) is 18.7. The predicted octanol–water partition coefficient (Wildman–Crippen LogP) is 3.45. The maximum Gasteiger partial charge on any atom is 0.383 e. The van der Waals surface area contributed by atoms with Gasteiger partial charge in [-0.2, -0.15) is 10.2 Å². The van der Waals surface area contributed by atoms with Crippen molar-refractivity contribution in [1.29, 1.82) is 0 Å². The molecule has 4 N–H and O–H groups in total. The molecule has 0 atom stereocenters. The molecule has 0 aliphatic rings. The Morgan fingerprint density at radius 1 is 0.622 bits per heavy atom. The molecule has 0 spiro atoms. The molecular weight excluding hydrogens is 525 g/mol. The van der Waals surface area contributed by atoms with Crippen LogP contribution in [0.1, 0.15) is 22.3 Å². The van der Waals surface area contributed by atoms with Crippen LogP contribution in [0.4, 0.5) is 8.78 Å². The van der Waals surface area contributed by atoms with Gasteiger partial charge in [0.05, 0.1) is 23.6 Å². The molecule has 2 heterocycles. The maximum absolute atomic E-state index is 12.9. The van der Waals surface area contributed by atoms with Crippen LogP contribution in [0.3, 0.4) is 0 Å². The van der Waals surface area contributed by atoms with E-state index in [1.807, 2.05) is 0 Å². The van der Waals surface area contributed by atoms with Gasteiger partial charge in [0.25, 0.3) is 0 Å². The van der Waals surface area contributed by atoms with Crippen molar-refractivity contribution in [2.24, 2.45) is 20.4 Å². The standard InChI is InChI=1S/2C13H10FN3O.Ni/c2*14-12-3-1-2-10(8-12)9-16-17-13(18)11-4-6-15-7-5-11;/h2*1-9H,(H,17,18);/p+2/b2*16-9+;. The number of aromatic nitrogens is 2. The number of rotatable bonds is 6. The van der Waals surface area contributed by atoms with E-state index in [1.165, 1.54) is 36.7 Å². The van der Waals surface area contributed by atoms with Crippen LogP contribution in [0.2, 0.25) is 0 Å². The van der Waals surface area contributed by atoms with Crippen LogP contribution in [0.5, 0.6) is 0 Å². The summed E-state index contributed by atoms with van der Waals surface area (Å²) in [7, 11) is 0. The van der Waals surface area contributed by atoms with Crippen molar-refractivity contribution >= 4 is 24.2 Å². The Balaban J connectivity index is 0.000000253. The van der Waals surface area contributed by atoms with Gasteiger partial charge in [0.1, 0.15) is 11.6 Å². The quantitative estimate of drug-likeness (QED) is 0.121. The number of benzene rings is 2. The summed E-state index contributed by atoms with van der Waals surface area (Å²) < 4.78 is 25.8. The number of halogens is 2. The topological polar surface area (TPSA) is 121 Å². The Kier molecular flexibility index (Phi) is 11.9. The zero-order valence-corrected chi connectivity index (χ0v) is 20.1. The molecule has 0 saturated carbocycles. The van der Waals surface area contributed by atoms with Crippen LogP contribution in [-0.4, -0.2) is 44.4 Å². The third kappa shape index (κ3) is 10.3. The third-order valence-corrected chi connectivity index (χ3v) is 4.33. The van der Waals surface area contributed by atoms with E-state index < -0.39 is 0 Å². The summed E-state index contributed by atoms with van der Waals surface area (Å²) >= 11 is 0. The fourth-order valence-corrected chi connectivity index (χ4v) is 2.62. The zero-order chi connectivity index (χ0) is 25.6. The number of nitrogens with zero attached hydrogens (tertiary/aromatic N) is 6. The monoisotopic (exact) mass is 546 g/mol. The van der Waals surface area contributed by atoms with Gasteiger partial charge < -0.3 is 10.2 Å². The van der Waals surface area contributed by atoms with Crippen molar-refractivity contribution in [2.45, 2.75) is 0 Å². The van der Waals surface area contributed by atoms with Gasteiger partial charge >= 0.3 is 11.8 Å². The van der Waals surface area contributed by atoms with Crippen LogP contribution >= 0.6 is 0 Å². The number of hydrogen-bond acceptors (Lipinski definition) is 6. The van der Waals surface area contributed by atoms with E-state index in [-0.39, 0.29) is 39.9 Å². The van der Waals surface area contributed by atoms with Crippen molar-refractivity contribution in [3.63, 3.8) is 0 Å². The molecule has 2 aromatic carbocycles. The van der Waals surface area contributed by atoms with Crippen molar-refractivity contribution in [3.05, 3.63) is 131 Å². The van der Waals surface area contributed by atoms with E-state index >= 15 is 0 Å². The van der Waals surface area contributed by atoms with Gasteiger partial charge in [0, 0.05) is 41.3 Å². The van der Waals surface area contributed by atoms with E-state index in [9.17, 15) is 8.78 Å². The third-order valence-electron chi connectivity index (χ3n) is 4.33. The van der Waals surface area contributed by atoms with E-state index in [2.05, 4.69) is 30.4 Å². The minimum Gasteiger partial charge on any atom is -0.577 e.